The summed E-state index contributed by atoms with van der Waals surface area (Å²) in [5.74, 6) is 1.61. The van der Waals surface area contributed by atoms with Crippen molar-refractivity contribution in [3.05, 3.63) is 28.2 Å². The zero-order valence-electron chi connectivity index (χ0n) is 11.7. The molecule has 6 heteroatoms. The number of hydrogen-bond acceptors (Lipinski definition) is 4. The fourth-order valence-corrected chi connectivity index (χ4v) is 5.08. The zero-order chi connectivity index (χ0) is 14.8. The third-order valence-electron chi connectivity index (χ3n) is 3.89. The number of sulfone groups is 1. The molecule has 0 aromatic heterocycles. The molecule has 0 spiro atoms. The third kappa shape index (κ3) is 3.74. The Morgan fingerprint density at radius 2 is 2.25 bits per heavy atom. The molecular formula is C14H20BrNO3S. The van der Waals surface area contributed by atoms with Gasteiger partial charge in [-0.05, 0) is 49.6 Å². The third-order valence-corrected chi connectivity index (χ3v) is 6.18. The first-order valence-corrected chi connectivity index (χ1v) is 9.26. The number of hydrogen-bond donors (Lipinski definition) is 1. The predicted octanol–water partition coefficient (Wildman–Crippen LogP) is 2.02. The Labute approximate surface area is 129 Å². The molecular weight excluding hydrogens is 342 g/mol. The maximum absolute atomic E-state index is 11.6. The van der Waals surface area contributed by atoms with Gasteiger partial charge in [0, 0.05) is 10.5 Å². The van der Waals surface area contributed by atoms with Crippen LogP contribution >= 0.6 is 15.9 Å². The summed E-state index contributed by atoms with van der Waals surface area (Å²) < 4.78 is 29.6. The molecule has 1 fully saturated rings. The Hall–Kier alpha value is -0.590. The first kappa shape index (κ1) is 15.8. The van der Waals surface area contributed by atoms with Gasteiger partial charge in [0.2, 0.25) is 0 Å². The molecule has 112 valence electrons. The molecule has 0 saturated carbocycles. The van der Waals surface area contributed by atoms with Crippen molar-refractivity contribution >= 4 is 25.8 Å². The van der Waals surface area contributed by atoms with E-state index in [0.29, 0.717) is 5.75 Å². The van der Waals surface area contributed by atoms with Crippen molar-refractivity contribution in [1.29, 1.82) is 0 Å². The van der Waals surface area contributed by atoms with Gasteiger partial charge in [0.05, 0.1) is 18.6 Å². The number of methoxy groups -OCH3 is 1. The summed E-state index contributed by atoms with van der Waals surface area (Å²) in [6, 6.07) is 6.05. The molecule has 2 unspecified atom stereocenters. The Bertz CT molecular complexity index is 574. The number of halogens is 1. The van der Waals surface area contributed by atoms with Gasteiger partial charge in [0.25, 0.3) is 0 Å². The van der Waals surface area contributed by atoms with E-state index in [9.17, 15) is 8.42 Å². The summed E-state index contributed by atoms with van der Waals surface area (Å²) in [5, 5.41) is 3.27. The van der Waals surface area contributed by atoms with E-state index in [4.69, 9.17) is 4.74 Å². The van der Waals surface area contributed by atoms with Gasteiger partial charge in [0.15, 0.2) is 9.84 Å². The van der Waals surface area contributed by atoms with Crippen LogP contribution in [-0.4, -0.2) is 40.1 Å². The van der Waals surface area contributed by atoms with E-state index in [0.717, 1.165) is 28.6 Å². The van der Waals surface area contributed by atoms with Crippen molar-refractivity contribution in [3.8, 4) is 5.75 Å². The van der Waals surface area contributed by atoms with Gasteiger partial charge < -0.3 is 10.1 Å². The van der Waals surface area contributed by atoms with Crippen LogP contribution < -0.4 is 10.1 Å². The maximum Gasteiger partial charge on any atom is 0.150 e. The first-order chi connectivity index (χ1) is 9.45. The summed E-state index contributed by atoms with van der Waals surface area (Å²) in [7, 11) is 0.696. The van der Waals surface area contributed by atoms with E-state index in [-0.39, 0.29) is 17.7 Å². The summed E-state index contributed by atoms with van der Waals surface area (Å²) in [6.07, 6.45) is 1.50. The molecule has 20 heavy (non-hydrogen) atoms. The average Bonchev–Trinajstić information content (AvgIpc) is 2.76. The molecule has 0 radical (unpaired) electrons. The Morgan fingerprint density at radius 1 is 1.50 bits per heavy atom. The van der Waals surface area contributed by atoms with Crippen LogP contribution in [0.1, 0.15) is 12.0 Å². The molecule has 1 N–H and O–H groups in total. The van der Waals surface area contributed by atoms with Crippen molar-refractivity contribution in [1.82, 2.24) is 5.32 Å². The zero-order valence-corrected chi connectivity index (χ0v) is 14.1. The van der Waals surface area contributed by atoms with Crippen LogP contribution in [0.5, 0.6) is 5.75 Å². The van der Waals surface area contributed by atoms with Crippen LogP contribution in [0.25, 0.3) is 0 Å². The smallest absolute Gasteiger partial charge is 0.150 e. The van der Waals surface area contributed by atoms with Crippen LogP contribution in [0, 0.1) is 5.92 Å². The molecule has 1 aromatic rings. The van der Waals surface area contributed by atoms with E-state index in [2.05, 4.69) is 21.2 Å². The minimum atomic E-state index is -2.85. The molecule has 2 rings (SSSR count). The van der Waals surface area contributed by atoms with E-state index < -0.39 is 9.84 Å². The second-order valence-electron chi connectivity index (χ2n) is 5.22. The highest BCUT2D eigenvalue weighted by atomic mass is 79.9. The normalized spacial score (nSPS) is 22.6. The summed E-state index contributed by atoms with van der Waals surface area (Å²) in [5.41, 5.74) is 1.09. The van der Waals surface area contributed by atoms with Crippen LogP contribution in [0.3, 0.4) is 0 Å². The van der Waals surface area contributed by atoms with Gasteiger partial charge >= 0.3 is 0 Å². The number of nitrogens with one attached hydrogen (secondary N) is 1. The summed E-state index contributed by atoms with van der Waals surface area (Å²) >= 11 is 3.47. The van der Waals surface area contributed by atoms with Crippen LogP contribution in [0.2, 0.25) is 0 Å². The standard InChI is InChI=1S/C14H20BrNO3S/c1-16-13(10-5-6-20(17,18)9-10)8-11-7-12(15)3-4-14(11)19-2/h3-4,7,10,13,16H,5-6,8-9H2,1-2H3. The van der Waals surface area contributed by atoms with Gasteiger partial charge in [-0.3, -0.25) is 0 Å². The Morgan fingerprint density at radius 3 is 2.80 bits per heavy atom. The molecule has 1 saturated heterocycles. The van der Waals surface area contributed by atoms with Gasteiger partial charge in [-0.2, -0.15) is 0 Å². The Kier molecular flexibility index (Phi) is 5.09. The van der Waals surface area contributed by atoms with Crippen LogP contribution in [0.4, 0.5) is 0 Å². The predicted molar refractivity (Wildman–Crippen MR) is 84.0 cm³/mol. The minimum Gasteiger partial charge on any atom is -0.496 e. The molecule has 1 aliphatic heterocycles. The maximum atomic E-state index is 11.6. The topological polar surface area (TPSA) is 55.4 Å². The van der Waals surface area contributed by atoms with E-state index in [1.165, 1.54) is 0 Å². The van der Waals surface area contributed by atoms with E-state index >= 15 is 0 Å². The second-order valence-corrected chi connectivity index (χ2v) is 8.36. The minimum absolute atomic E-state index is 0.149. The molecule has 0 aliphatic carbocycles. The Balaban J connectivity index is 2.16. The molecule has 2 atom stereocenters. The van der Waals surface area contributed by atoms with Crippen molar-refractivity contribution < 1.29 is 13.2 Å². The van der Waals surface area contributed by atoms with Crippen molar-refractivity contribution in [3.63, 3.8) is 0 Å². The van der Waals surface area contributed by atoms with Crippen molar-refractivity contribution in [2.75, 3.05) is 25.7 Å². The fraction of sp³-hybridized carbons (Fsp3) is 0.571. The highest BCUT2D eigenvalue weighted by Crippen LogP contribution is 2.28. The monoisotopic (exact) mass is 361 g/mol. The lowest BCUT2D eigenvalue weighted by Gasteiger charge is -2.23. The molecule has 1 aliphatic rings. The molecule has 1 aromatic carbocycles. The molecule has 0 bridgehead atoms. The summed E-state index contributed by atoms with van der Waals surface area (Å²) in [6.45, 7) is 0. The first-order valence-electron chi connectivity index (χ1n) is 6.65. The second kappa shape index (κ2) is 6.45. The molecule has 4 nitrogen and oxygen atoms in total. The van der Waals surface area contributed by atoms with Gasteiger partial charge in [-0.25, -0.2) is 8.42 Å². The lowest BCUT2D eigenvalue weighted by molar-refractivity contribution is 0.382. The lowest BCUT2D eigenvalue weighted by Crippen LogP contribution is -2.36. The van der Waals surface area contributed by atoms with E-state index in [1.807, 2.05) is 25.2 Å². The average molecular weight is 362 g/mol. The van der Waals surface area contributed by atoms with Gasteiger partial charge in [-0.15, -0.1) is 0 Å². The van der Waals surface area contributed by atoms with Gasteiger partial charge in [-0.1, -0.05) is 15.9 Å². The van der Waals surface area contributed by atoms with Crippen LogP contribution in [0.15, 0.2) is 22.7 Å². The lowest BCUT2D eigenvalue weighted by atomic mass is 9.93. The quantitative estimate of drug-likeness (QED) is 0.871. The van der Waals surface area contributed by atoms with Gasteiger partial charge in [0.1, 0.15) is 5.75 Å². The highest BCUT2D eigenvalue weighted by molar-refractivity contribution is 9.10. The highest BCUT2D eigenvalue weighted by Gasteiger charge is 2.33. The number of ether oxygens (including phenoxy) is 1. The number of benzene rings is 1. The van der Waals surface area contributed by atoms with Crippen molar-refractivity contribution in [2.24, 2.45) is 5.92 Å². The fourth-order valence-electron chi connectivity index (χ4n) is 2.79. The number of rotatable bonds is 5. The largest absolute Gasteiger partial charge is 0.496 e. The van der Waals surface area contributed by atoms with E-state index in [1.54, 1.807) is 7.11 Å². The van der Waals surface area contributed by atoms with Crippen molar-refractivity contribution in [2.45, 2.75) is 18.9 Å². The van der Waals surface area contributed by atoms with Crippen LogP contribution in [-0.2, 0) is 16.3 Å². The molecule has 1 heterocycles. The molecule has 0 amide bonds. The number of likely N-dealkylation sites (N-methyl/N-ethyl adjacent to an activating group) is 1. The summed E-state index contributed by atoms with van der Waals surface area (Å²) in [4.78, 5) is 0. The SMILES string of the molecule is CNC(Cc1cc(Br)ccc1OC)C1CCS(=O)(=O)C1.